The van der Waals surface area contributed by atoms with Crippen LogP contribution in [0.1, 0.15) is 13.3 Å². The van der Waals surface area contributed by atoms with Crippen molar-refractivity contribution in [1.82, 2.24) is 0 Å². The molecule has 0 aromatic rings. The van der Waals surface area contributed by atoms with Gasteiger partial charge in [0, 0.05) is 6.42 Å². The molecule has 22 heavy (non-hydrogen) atoms. The smallest absolute Gasteiger partial charge is 0.370 e. The first-order chi connectivity index (χ1) is 9.84. The van der Waals surface area contributed by atoms with E-state index in [-0.39, 0.29) is 6.10 Å². The van der Waals surface area contributed by atoms with Crippen LogP contribution in [-0.2, 0) is 36.4 Å². The van der Waals surface area contributed by atoms with Gasteiger partial charge in [-0.25, -0.2) is 19.6 Å². The van der Waals surface area contributed by atoms with Gasteiger partial charge >= 0.3 is 23.5 Å². The molecular weight excluding hydrogens is 371 g/mol. The number of phosphoric acid groups is 3. The highest BCUT2D eigenvalue weighted by atomic mass is 31.3. The van der Waals surface area contributed by atoms with Crippen molar-refractivity contribution < 1.29 is 56.0 Å². The van der Waals surface area contributed by atoms with Crippen LogP contribution in [0.4, 0.5) is 0 Å². The Morgan fingerprint density at radius 1 is 1.14 bits per heavy atom. The van der Waals surface area contributed by atoms with Crippen molar-refractivity contribution in [2.75, 3.05) is 6.61 Å². The maximum atomic E-state index is 11.5. The van der Waals surface area contributed by atoms with Crippen LogP contribution in [0.2, 0.25) is 0 Å². The lowest BCUT2D eigenvalue weighted by Crippen LogP contribution is -2.31. The molecule has 0 radical (unpaired) electrons. The SMILES string of the molecule is C[C@H]1CC(ON)[C@@H](COP(=O)(O)OP(=O)(O)OP(=O)(O)O)O1. The van der Waals surface area contributed by atoms with Gasteiger partial charge in [0.05, 0.1) is 12.7 Å². The summed E-state index contributed by atoms with van der Waals surface area (Å²) in [7, 11) is -16.1. The summed E-state index contributed by atoms with van der Waals surface area (Å²) < 4.78 is 49.8. The van der Waals surface area contributed by atoms with Gasteiger partial charge in [-0.1, -0.05) is 0 Å². The molecule has 1 rings (SSSR count). The van der Waals surface area contributed by atoms with E-state index in [0.29, 0.717) is 6.42 Å². The molecule has 13 nitrogen and oxygen atoms in total. The third-order valence-corrected chi connectivity index (χ3v) is 6.18. The fourth-order valence-electron chi connectivity index (χ4n) is 1.68. The Kier molecular flexibility index (Phi) is 6.89. The van der Waals surface area contributed by atoms with E-state index in [1.807, 2.05) is 0 Å². The van der Waals surface area contributed by atoms with Crippen LogP contribution in [0, 0.1) is 0 Å². The van der Waals surface area contributed by atoms with E-state index in [0.717, 1.165) is 0 Å². The van der Waals surface area contributed by atoms with Crippen LogP contribution in [-0.4, -0.2) is 44.5 Å². The lowest BCUT2D eigenvalue weighted by molar-refractivity contribution is -0.0443. The highest BCUT2D eigenvalue weighted by Crippen LogP contribution is 2.66. The molecular formula is C6H16NO12P3. The Bertz CT molecular complexity index is 519. The van der Waals surface area contributed by atoms with Gasteiger partial charge in [-0.05, 0) is 6.92 Å². The summed E-state index contributed by atoms with van der Waals surface area (Å²) in [5, 5.41) is 0. The van der Waals surface area contributed by atoms with Gasteiger partial charge in [0.1, 0.15) is 12.2 Å². The zero-order valence-electron chi connectivity index (χ0n) is 11.1. The Labute approximate surface area is 124 Å². The molecule has 0 aromatic heterocycles. The van der Waals surface area contributed by atoms with E-state index in [2.05, 4.69) is 18.0 Å². The first-order valence-electron chi connectivity index (χ1n) is 5.63. The Morgan fingerprint density at radius 3 is 2.23 bits per heavy atom. The van der Waals surface area contributed by atoms with Gasteiger partial charge in [0.25, 0.3) is 0 Å². The van der Waals surface area contributed by atoms with Crippen molar-refractivity contribution in [2.45, 2.75) is 31.7 Å². The lowest BCUT2D eigenvalue weighted by Gasteiger charge is -2.19. The second-order valence-corrected chi connectivity index (χ2v) is 8.70. The quantitative estimate of drug-likeness (QED) is 0.270. The number of hydrogen-bond acceptors (Lipinski definition) is 9. The maximum absolute atomic E-state index is 11.5. The number of phosphoric ester groups is 1. The molecule has 1 heterocycles. The summed E-state index contributed by atoms with van der Waals surface area (Å²) in [6, 6.07) is 0. The number of ether oxygens (including phenoxy) is 1. The normalized spacial score (nSPS) is 31.6. The highest BCUT2D eigenvalue weighted by molar-refractivity contribution is 7.66. The highest BCUT2D eigenvalue weighted by Gasteiger charge is 2.42. The van der Waals surface area contributed by atoms with E-state index in [1.54, 1.807) is 6.92 Å². The Balaban J connectivity index is 2.59. The fraction of sp³-hybridized carbons (Fsp3) is 1.00. The zero-order valence-corrected chi connectivity index (χ0v) is 13.8. The molecule has 0 aromatic carbocycles. The van der Waals surface area contributed by atoms with Crippen LogP contribution < -0.4 is 5.90 Å². The average molecular weight is 387 g/mol. The predicted octanol–water partition coefficient (Wildman–Crippen LogP) is -0.234. The van der Waals surface area contributed by atoms with Crippen molar-refractivity contribution >= 4 is 23.5 Å². The first kappa shape index (κ1) is 20.3. The second kappa shape index (κ2) is 7.45. The number of hydrogen-bond donors (Lipinski definition) is 5. The predicted molar refractivity (Wildman–Crippen MR) is 67.8 cm³/mol. The van der Waals surface area contributed by atoms with E-state index in [4.69, 9.17) is 25.3 Å². The average Bonchev–Trinajstić information content (AvgIpc) is 2.62. The third-order valence-electron chi connectivity index (χ3n) is 2.38. The second-order valence-electron chi connectivity index (χ2n) is 4.28. The minimum Gasteiger partial charge on any atom is -0.370 e. The molecule has 0 spiro atoms. The molecule has 0 saturated carbocycles. The van der Waals surface area contributed by atoms with Crippen molar-refractivity contribution in [1.29, 1.82) is 0 Å². The molecule has 132 valence electrons. The summed E-state index contributed by atoms with van der Waals surface area (Å²) in [4.78, 5) is 39.5. The summed E-state index contributed by atoms with van der Waals surface area (Å²) in [6.07, 6.45) is -1.35. The van der Waals surface area contributed by atoms with Crippen molar-refractivity contribution in [3.63, 3.8) is 0 Å². The maximum Gasteiger partial charge on any atom is 0.490 e. The molecule has 16 heteroatoms. The van der Waals surface area contributed by atoms with Crippen molar-refractivity contribution in [3.05, 3.63) is 0 Å². The molecule has 6 N–H and O–H groups in total. The van der Waals surface area contributed by atoms with Gasteiger partial charge in [-0.15, -0.1) is 0 Å². The monoisotopic (exact) mass is 387 g/mol. The van der Waals surface area contributed by atoms with Crippen LogP contribution in [0.25, 0.3) is 0 Å². The molecule has 5 atom stereocenters. The van der Waals surface area contributed by atoms with Crippen LogP contribution in [0.5, 0.6) is 0 Å². The van der Waals surface area contributed by atoms with Gasteiger partial charge in [0.15, 0.2) is 0 Å². The van der Waals surface area contributed by atoms with Gasteiger partial charge in [0.2, 0.25) is 0 Å². The van der Waals surface area contributed by atoms with Crippen molar-refractivity contribution in [2.24, 2.45) is 5.90 Å². The first-order valence-corrected chi connectivity index (χ1v) is 10.1. The molecule has 3 unspecified atom stereocenters. The van der Waals surface area contributed by atoms with Gasteiger partial charge in [-0.2, -0.15) is 8.62 Å². The van der Waals surface area contributed by atoms with E-state index < -0.39 is 42.3 Å². The van der Waals surface area contributed by atoms with Crippen LogP contribution in [0.15, 0.2) is 0 Å². The Hall–Kier alpha value is 0.290. The van der Waals surface area contributed by atoms with Crippen LogP contribution >= 0.6 is 23.5 Å². The minimum atomic E-state index is -5.53. The molecule has 1 aliphatic heterocycles. The fourth-order valence-corrected chi connectivity index (χ4v) is 4.71. The molecule has 1 aliphatic rings. The molecule has 0 bridgehead atoms. The largest absolute Gasteiger partial charge is 0.490 e. The molecule has 1 saturated heterocycles. The molecule has 1 fully saturated rings. The van der Waals surface area contributed by atoms with E-state index in [1.165, 1.54) is 0 Å². The molecule has 0 amide bonds. The summed E-state index contributed by atoms with van der Waals surface area (Å²) in [5.74, 6) is 5.01. The summed E-state index contributed by atoms with van der Waals surface area (Å²) in [6.45, 7) is 1.10. The van der Waals surface area contributed by atoms with E-state index in [9.17, 15) is 18.6 Å². The standard InChI is InChI=1S/C6H16NO12P3/c1-4-2-5(17-7)6(16-4)3-15-21(11,12)19-22(13,14)18-20(8,9)10/h4-6H,2-3,7H2,1H3,(H,11,12)(H,13,14)(H2,8,9,10)/t4-,5?,6+/m0/s1. The third kappa shape index (κ3) is 7.24. The number of rotatable bonds is 8. The molecule has 0 aliphatic carbocycles. The van der Waals surface area contributed by atoms with E-state index >= 15 is 0 Å². The topological polar surface area (TPSA) is 204 Å². The number of nitrogens with two attached hydrogens (primary N) is 1. The van der Waals surface area contributed by atoms with Gasteiger partial charge < -0.3 is 24.3 Å². The van der Waals surface area contributed by atoms with Crippen LogP contribution in [0.3, 0.4) is 0 Å². The zero-order chi connectivity index (χ0) is 17.2. The minimum absolute atomic E-state index is 0.261. The van der Waals surface area contributed by atoms with Gasteiger partial charge in [-0.3, -0.25) is 9.36 Å². The Morgan fingerprint density at radius 2 is 1.73 bits per heavy atom. The lowest BCUT2D eigenvalue weighted by atomic mass is 10.1. The summed E-state index contributed by atoms with van der Waals surface area (Å²) >= 11 is 0. The summed E-state index contributed by atoms with van der Waals surface area (Å²) in [5.41, 5.74) is 0. The van der Waals surface area contributed by atoms with Crippen molar-refractivity contribution in [3.8, 4) is 0 Å².